The minimum atomic E-state index is 0.0174. The third kappa shape index (κ3) is 6.29. The highest BCUT2D eigenvalue weighted by atomic mass is 16.5. The maximum Gasteiger partial charge on any atom is 0.238 e. The van der Waals surface area contributed by atoms with Crippen LogP contribution in [-0.4, -0.2) is 43.7 Å². The molecule has 1 N–H and O–H groups in total. The zero-order chi connectivity index (χ0) is 18.9. The summed E-state index contributed by atoms with van der Waals surface area (Å²) in [5.41, 5.74) is 0.796. The fourth-order valence-corrected chi connectivity index (χ4v) is 3.37. The summed E-state index contributed by atoms with van der Waals surface area (Å²) in [6, 6.07) is 17.4. The first-order valence-corrected chi connectivity index (χ1v) is 9.66. The average Bonchev–Trinajstić information content (AvgIpc) is 2.69. The van der Waals surface area contributed by atoms with Gasteiger partial charge in [0, 0.05) is 18.2 Å². The predicted octanol–water partition coefficient (Wildman–Crippen LogP) is 3.81. The van der Waals surface area contributed by atoms with E-state index in [1.54, 1.807) is 0 Å². The molecule has 1 heterocycles. The summed E-state index contributed by atoms with van der Waals surface area (Å²) in [6.07, 6.45) is 2.24. The molecule has 0 spiro atoms. The molecular weight excluding hydrogens is 340 g/mol. The summed E-state index contributed by atoms with van der Waals surface area (Å²) >= 11 is 0. The maximum absolute atomic E-state index is 12.4. The van der Waals surface area contributed by atoms with Gasteiger partial charge < -0.3 is 14.8 Å². The normalized spacial score (nSPS) is 17.3. The third-order valence-corrected chi connectivity index (χ3v) is 4.65. The van der Waals surface area contributed by atoms with E-state index >= 15 is 0 Å². The van der Waals surface area contributed by atoms with Gasteiger partial charge in [-0.25, -0.2) is 0 Å². The molecule has 2 aromatic carbocycles. The van der Waals surface area contributed by atoms with E-state index in [2.05, 4.69) is 10.2 Å². The second kappa shape index (κ2) is 9.97. The molecule has 3 rings (SSSR count). The van der Waals surface area contributed by atoms with Crippen LogP contribution in [0.25, 0.3) is 0 Å². The van der Waals surface area contributed by atoms with Crippen LogP contribution in [0.5, 0.6) is 11.5 Å². The van der Waals surface area contributed by atoms with Crippen molar-refractivity contribution < 1.29 is 14.3 Å². The SMILES string of the molecule is CCOc1ccc(NC(=O)CN2CCCC(COc3ccccc3)C2)cc1. The molecule has 2 aromatic rings. The van der Waals surface area contributed by atoms with E-state index in [4.69, 9.17) is 9.47 Å². The Morgan fingerprint density at radius 3 is 2.56 bits per heavy atom. The molecule has 1 aliphatic heterocycles. The van der Waals surface area contributed by atoms with Crippen molar-refractivity contribution in [3.05, 3.63) is 54.6 Å². The van der Waals surface area contributed by atoms with E-state index in [1.807, 2.05) is 61.5 Å². The second-order valence-electron chi connectivity index (χ2n) is 6.87. The van der Waals surface area contributed by atoms with Crippen molar-refractivity contribution in [1.29, 1.82) is 0 Å². The van der Waals surface area contributed by atoms with Gasteiger partial charge >= 0.3 is 0 Å². The van der Waals surface area contributed by atoms with Gasteiger partial charge in [0.1, 0.15) is 11.5 Å². The number of rotatable bonds is 8. The lowest BCUT2D eigenvalue weighted by molar-refractivity contribution is -0.117. The number of nitrogens with one attached hydrogen (secondary N) is 1. The molecule has 1 aliphatic rings. The Morgan fingerprint density at radius 1 is 1.07 bits per heavy atom. The van der Waals surface area contributed by atoms with Crippen LogP contribution in [-0.2, 0) is 4.79 Å². The van der Waals surface area contributed by atoms with E-state index in [-0.39, 0.29) is 5.91 Å². The summed E-state index contributed by atoms with van der Waals surface area (Å²) in [6.45, 7) is 5.54. The minimum Gasteiger partial charge on any atom is -0.494 e. The highest BCUT2D eigenvalue weighted by molar-refractivity contribution is 5.92. The van der Waals surface area contributed by atoms with Crippen LogP contribution in [0, 0.1) is 5.92 Å². The van der Waals surface area contributed by atoms with E-state index in [9.17, 15) is 4.79 Å². The monoisotopic (exact) mass is 368 g/mol. The van der Waals surface area contributed by atoms with Crippen molar-refractivity contribution >= 4 is 11.6 Å². The largest absolute Gasteiger partial charge is 0.494 e. The van der Waals surface area contributed by atoms with Crippen molar-refractivity contribution in [2.45, 2.75) is 19.8 Å². The van der Waals surface area contributed by atoms with Crippen LogP contribution in [0.15, 0.2) is 54.6 Å². The summed E-state index contributed by atoms with van der Waals surface area (Å²) in [5.74, 6) is 2.19. The fraction of sp³-hybridized carbons (Fsp3) is 0.409. The van der Waals surface area contributed by atoms with Crippen LogP contribution in [0.1, 0.15) is 19.8 Å². The van der Waals surface area contributed by atoms with Crippen LogP contribution in [0.4, 0.5) is 5.69 Å². The first-order valence-electron chi connectivity index (χ1n) is 9.66. The molecule has 1 unspecified atom stereocenters. The number of anilines is 1. The number of ether oxygens (including phenoxy) is 2. The Morgan fingerprint density at radius 2 is 1.81 bits per heavy atom. The molecular formula is C22H28N2O3. The molecule has 0 saturated carbocycles. The molecule has 0 bridgehead atoms. The quantitative estimate of drug-likeness (QED) is 0.770. The number of hydrogen-bond acceptors (Lipinski definition) is 4. The molecule has 1 fully saturated rings. The van der Waals surface area contributed by atoms with Crippen molar-refractivity contribution in [1.82, 2.24) is 4.90 Å². The highest BCUT2D eigenvalue weighted by Gasteiger charge is 2.22. The Labute approximate surface area is 161 Å². The number of hydrogen-bond donors (Lipinski definition) is 1. The summed E-state index contributed by atoms with van der Waals surface area (Å²) in [7, 11) is 0. The summed E-state index contributed by atoms with van der Waals surface area (Å²) in [5, 5.41) is 2.96. The predicted molar refractivity (Wildman–Crippen MR) is 107 cm³/mol. The number of benzene rings is 2. The Kier molecular flexibility index (Phi) is 7.11. The maximum atomic E-state index is 12.4. The zero-order valence-electron chi connectivity index (χ0n) is 15.9. The van der Waals surface area contributed by atoms with Gasteiger partial charge in [-0.1, -0.05) is 18.2 Å². The molecule has 5 nitrogen and oxygen atoms in total. The van der Waals surface area contributed by atoms with Gasteiger partial charge in [0.2, 0.25) is 5.91 Å². The van der Waals surface area contributed by atoms with Crippen molar-refractivity contribution in [3.8, 4) is 11.5 Å². The highest BCUT2D eigenvalue weighted by Crippen LogP contribution is 2.19. The van der Waals surface area contributed by atoms with Crippen LogP contribution in [0.3, 0.4) is 0 Å². The molecule has 1 atom stereocenters. The smallest absolute Gasteiger partial charge is 0.238 e. The molecule has 0 radical (unpaired) electrons. The lowest BCUT2D eigenvalue weighted by atomic mass is 9.99. The molecule has 5 heteroatoms. The Hall–Kier alpha value is -2.53. The lowest BCUT2D eigenvalue weighted by Gasteiger charge is -2.32. The van der Waals surface area contributed by atoms with Crippen LogP contribution < -0.4 is 14.8 Å². The van der Waals surface area contributed by atoms with Gasteiger partial charge in [0.25, 0.3) is 0 Å². The molecule has 1 amide bonds. The van der Waals surface area contributed by atoms with Gasteiger partial charge in [-0.2, -0.15) is 0 Å². The zero-order valence-corrected chi connectivity index (χ0v) is 15.9. The number of nitrogens with zero attached hydrogens (tertiary/aromatic N) is 1. The standard InChI is InChI=1S/C22H28N2O3/c1-2-26-21-12-10-19(11-13-21)23-22(25)16-24-14-6-7-18(15-24)17-27-20-8-4-3-5-9-20/h3-5,8-13,18H,2,6-7,14-17H2,1H3,(H,23,25). The number of piperidine rings is 1. The molecule has 0 aliphatic carbocycles. The topological polar surface area (TPSA) is 50.8 Å². The molecule has 144 valence electrons. The average molecular weight is 368 g/mol. The van der Waals surface area contributed by atoms with Gasteiger partial charge in [0.15, 0.2) is 0 Å². The summed E-state index contributed by atoms with van der Waals surface area (Å²) < 4.78 is 11.3. The van der Waals surface area contributed by atoms with E-state index < -0.39 is 0 Å². The fourth-order valence-electron chi connectivity index (χ4n) is 3.37. The number of carbonyl (C=O) groups is 1. The molecule has 27 heavy (non-hydrogen) atoms. The third-order valence-electron chi connectivity index (χ3n) is 4.65. The van der Waals surface area contributed by atoms with E-state index in [0.29, 0.717) is 25.7 Å². The second-order valence-corrected chi connectivity index (χ2v) is 6.87. The van der Waals surface area contributed by atoms with Crippen molar-refractivity contribution in [3.63, 3.8) is 0 Å². The summed E-state index contributed by atoms with van der Waals surface area (Å²) in [4.78, 5) is 14.6. The number of para-hydroxylation sites is 1. The van der Waals surface area contributed by atoms with E-state index in [0.717, 1.165) is 43.1 Å². The number of carbonyl (C=O) groups excluding carboxylic acids is 1. The first kappa shape index (κ1) is 19.2. The van der Waals surface area contributed by atoms with Crippen molar-refractivity contribution in [2.75, 3.05) is 38.2 Å². The van der Waals surface area contributed by atoms with E-state index in [1.165, 1.54) is 0 Å². The number of likely N-dealkylation sites (tertiary alicyclic amines) is 1. The Balaban J connectivity index is 1.43. The van der Waals surface area contributed by atoms with Gasteiger partial charge in [-0.3, -0.25) is 9.69 Å². The lowest BCUT2D eigenvalue weighted by Crippen LogP contribution is -2.42. The molecule has 0 aromatic heterocycles. The van der Waals surface area contributed by atoms with Crippen molar-refractivity contribution in [2.24, 2.45) is 5.92 Å². The first-order chi connectivity index (χ1) is 13.2. The van der Waals surface area contributed by atoms with Gasteiger partial charge in [-0.15, -0.1) is 0 Å². The van der Waals surface area contributed by atoms with Gasteiger partial charge in [0.05, 0.1) is 19.8 Å². The van der Waals surface area contributed by atoms with Gasteiger partial charge in [-0.05, 0) is 62.7 Å². The van der Waals surface area contributed by atoms with Crippen LogP contribution in [0.2, 0.25) is 0 Å². The van der Waals surface area contributed by atoms with Crippen LogP contribution >= 0.6 is 0 Å². The minimum absolute atomic E-state index is 0.0174. The molecule has 1 saturated heterocycles. The number of amides is 1. The Bertz CT molecular complexity index is 703.